The average molecular weight is 353 g/mol. The summed E-state index contributed by atoms with van der Waals surface area (Å²) in [5.41, 5.74) is -0.654. The van der Waals surface area contributed by atoms with Crippen LogP contribution in [0, 0.1) is 5.82 Å². The molecule has 5 nitrogen and oxygen atoms in total. The molecule has 23 heavy (non-hydrogen) atoms. The monoisotopic (exact) mass is 353 g/mol. The number of hydrogen-bond donors (Lipinski definition) is 0. The fraction of sp³-hybridized carbons (Fsp3) is 0.333. The molecular formula is C12H8F5N3O2S. The van der Waals surface area contributed by atoms with Gasteiger partial charge in [0, 0.05) is 0 Å². The normalized spacial score (nSPS) is 15.9. The molecule has 0 amide bonds. The highest BCUT2D eigenvalue weighted by molar-refractivity contribution is 7.86. The topological polar surface area (TPSA) is 64.8 Å². The first-order valence-electron chi connectivity index (χ1n) is 6.34. The maximum Gasteiger partial charge on any atom is 0.453 e. The molecule has 1 heterocycles. The number of aromatic nitrogens is 3. The standard InChI is InChI=1S/C12H8F5N3O2S/c13-8-3-7(6-1-2-6)10(23(17,21)22)4-9(8)20-5-18-11(19-20)12(14,15)16/h3-6H,1-2H2. The van der Waals surface area contributed by atoms with E-state index in [0.717, 1.165) is 6.07 Å². The molecule has 1 aromatic carbocycles. The third-order valence-corrected chi connectivity index (χ3v) is 4.23. The molecule has 1 saturated carbocycles. The Hall–Kier alpha value is -2.04. The molecule has 0 saturated heterocycles. The zero-order valence-corrected chi connectivity index (χ0v) is 12.0. The first-order chi connectivity index (χ1) is 10.6. The van der Waals surface area contributed by atoms with Gasteiger partial charge in [0.15, 0.2) is 0 Å². The number of rotatable bonds is 3. The first-order valence-corrected chi connectivity index (χ1v) is 7.73. The van der Waals surface area contributed by atoms with Crippen LogP contribution in [0.4, 0.5) is 21.4 Å². The molecule has 1 aliphatic rings. The molecule has 0 radical (unpaired) electrons. The van der Waals surface area contributed by atoms with Gasteiger partial charge < -0.3 is 0 Å². The highest BCUT2D eigenvalue weighted by Gasteiger charge is 2.36. The molecule has 1 aromatic heterocycles. The van der Waals surface area contributed by atoms with E-state index in [1.54, 1.807) is 0 Å². The second-order valence-corrected chi connectivity index (χ2v) is 6.38. The smallest absolute Gasteiger partial charge is 0.217 e. The first kappa shape index (κ1) is 15.8. The number of alkyl halides is 3. The lowest BCUT2D eigenvalue weighted by Gasteiger charge is -2.09. The highest BCUT2D eigenvalue weighted by atomic mass is 32.3. The van der Waals surface area contributed by atoms with Gasteiger partial charge in [0.25, 0.3) is 5.82 Å². The van der Waals surface area contributed by atoms with E-state index >= 15 is 0 Å². The van der Waals surface area contributed by atoms with Crippen LogP contribution < -0.4 is 0 Å². The van der Waals surface area contributed by atoms with Crippen LogP contribution in [-0.4, -0.2) is 23.2 Å². The average Bonchev–Trinajstić information content (AvgIpc) is 3.13. The van der Waals surface area contributed by atoms with Crippen LogP contribution in [0.3, 0.4) is 0 Å². The maximum absolute atomic E-state index is 14.1. The van der Waals surface area contributed by atoms with Gasteiger partial charge in [0.05, 0.1) is 0 Å². The van der Waals surface area contributed by atoms with Crippen molar-refractivity contribution in [2.75, 3.05) is 0 Å². The van der Waals surface area contributed by atoms with E-state index in [4.69, 9.17) is 0 Å². The van der Waals surface area contributed by atoms with Crippen molar-refractivity contribution in [3.05, 3.63) is 35.7 Å². The second kappa shape index (κ2) is 4.98. The Kier molecular flexibility index (Phi) is 3.43. The van der Waals surface area contributed by atoms with Crippen molar-refractivity contribution in [2.45, 2.75) is 29.8 Å². The van der Waals surface area contributed by atoms with Crippen LogP contribution in [0.25, 0.3) is 5.69 Å². The van der Waals surface area contributed by atoms with Crippen LogP contribution in [0.15, 0.2) is 23.4 Å². The van der Waals surface area contributed by atoms with Gasteiger partial charge in [0.1, 0.15) is 22.7 Å². The molecule has 0 spiro atoms. The van der Waals surface area contributed by atoms with Crippen molar-refractivity contribution in [1.29, 1.82) is 0 Å². The molecule has 0 bridgehead atoms. The van der Waals surface area contributed by atoms with E-state index in [1.165, 1.54) is 0 Å². The Bertz CT molecular complexity index is 871. The molecule has 1 fully saturated rings. The Balaban J connectivity index is 2.15. The van der Waals surface area contributed by atoms with Gasteiger partial charge in [-0.2, -0.15) is 21.6 Å². The van der Waals surface area contributed by atoms with Crippen LogP contribution >= 0.6 is 0 Å². The lowest BCUT2D eigenvalue weighted by molar-refractivity contribution is -0.144. The summed E-state index contributed by atoms with van der Waals surface area (Å²) >= 11 is 0. The molecule has 0 aliphatic heterocycles. The SMILES string of the molecule is O=S(=O)(F)c1cc(-n2cnc(C(F)(F)F)n2)c(F)cc1C1CC1. The molecule has 11 heteroatoms. The molecule has 1 aliphatic carbocycles. The fourth-order valence-electron chi connectivity index (χ4n) is 2.17. The maximum atomic E-state index is 14.1. The summed E-state index contributed by atoms with van der Waals surface area (Å²) in [7, 11) is -5.16. The fourth-order valence-corrected chi connectivity index (χ4v) is 2.93. The zero-order chi connectivity index (χ0) is 17.0. The van der Waals surface area contributed by atoms with Gasteiger partial charge in [-0.3, -0.25) is 0 Å². The van der Waals surface area contributed by atoms with Crippen molar-refractivity contribution in [1.82, 2.24) is 14.8 Å². The van der Waals surface area contributed by atoms with E-state index in [-0.39, 0.29) is 11.5 Å². The van der Waals surface area contributed by atoms with Crippen LogP contribution in [-0.2, 0) is 16.4 Å². The van der Waals surface area contributed by atoms with E-state index in [0.29, 0.717) is 29.9 Å². The van der Waals surface area contributed by atoms with Crippen molar-refractivity contribution in [3.63, 3.8) is 0 Å². The number of benzene rings is 1. The molecule has 0 N–H and O–H groups in total. The highest BCUT2D eigenvalue weighted by Crippen LogP contribution is 2.44. The molecular weight excluding hydrogens is 345 g/mol. The zero-order valence-electron chi connectivity index (χ0n) is 11.2. The summed E-state index contributed by atoms with van der Waals surface area (Å²) in [5.74, 6) is -2.81. The van der Waals surface area contributed by atoms with Gasteiger partial charge in [-0.1, -0.05) is 0 Å². The number of nitrogens with zero attached hydrogens (tertiary/aromatic N) is 3. The van der Waals surface area contributed by atoms with Crippen molar-refractivity contribution < 1.29 is 29.9 Å². The Labute approximate surface area is 127 Å². The van der Waals surface area contributed by atoms with Crippen molar-refractivity contribution in [2.24, 2.45) is 0 Å². The number of hydrogen-bond acceptors (Lipinski definition) is 4. The van der Waals surface area contributed by atoms with E-state index in [9.17, 15) is 29.9 Å². The summed E-state index contributed by atoms with van der Waals surface area (Å²) in [6.07, 6.45) is -3.09. The minimum atomic E-state index is -5.16. The van der Waals surface area contributed by atoms with Gasteiger partial charge in [0.2, 0.25) is 0 Å². The van der Waals surface area contributed by atoms with Gasteiger partial charge in [-0.05, 0) is 36.5 Å². The third-order valence-electron chi connectivity index (χ3n) is 3.35. The molecule has 0 unspecified atom stereocenters. The molecule has 124 valence electrons. The Morgan fingerprint density at radius 3 is 2.35 bits per heavy atom. The lowest BCUT2D eigenvalue weighted by atomic mass is 10.1. The second-order valence-electron chi connectivity index (χ2n) is 5.06. The number of halogens is 5. The van der Waals surface area contributed by atoms with Crippen molar-refractivity contribution >= 4 is 10.2 Å². The summed E-state index contributed by atoms with van der Waals surface area (Å²) in [5, 5.41) is 3.05. The summed E-state index contributed by atoms with van der Waals surface area (Å²) < 4.78 is 87.8. The van der Waals surface area contributed by atoms with Gasteiger partial charge in [-0.25, -0.2) is 14.1 Å². The van der Waals surface area contributed by atoms with E-state index < -0.39 is 38.6 Å². The van der Waals surface area contributed by atoms with Crippen molar-refractivity contribution in [3.8, 4) is 5.69 Å². The van der Waals surface area contributed by atoms with Gasteiger partial charge in [-0.15, -0.1) is 8.98 Å². The Morgan fingerprint density at radius 2 is 1.87 bits per heavy atom. The van der Waals surface area contributed by atoms with Crippen LogP contribution in [0.2, 0.25) is 0 Å². The molecule has 3 rings (SSSR count). The summed E-state index contributed by atoms with van der Waals surface area (Å²) in [6, 6.07) is 1.45. The quantitative estimate of drug-likeness (QED) is 0.629. The minimum Gasteiger partial charge on any atom is -0.217 e. The minimum absolute atomic E-state index is 0.0232. The predicted molar refractivity (Wildman–Crippen MR) is 66.6 cm³/mol. The van der Waals surface area contributed by atoms with E-state index in [2.05, 4.69) is 10.1 Å². The third kappa shape index (κ3) is 3.05. The van der Waals surface area contributed by atoms with E-state index in [1.807, 2.05) is 0 Å². The molecule has 0 atom stereocenters. The molecule has 2 aromatic rings. The largest absolute Gasteiger partial charge is 0.453 e. The predicted octanol–water partition coefficient (Wildman–Crippen LogP) is 2.96. The van der Waals surface area contributed by atoms with Crippen LogP contribution in [0.1, 0.15) is 30.1 Å². The Morgan fingerprint density at radius 1 is 1.22 bits per heavy atom. The summed E-state index contributed by atoms with van der Waals surface area (Å²) in [4.78, 5) is 2.22. The van der Waals surface area contributed by atoms with Crippen LogP contribution in [0.5, 0.6) is 0 Å². The van der Waals surface area contributed by atoms with Gasteiger partial charge >= 0.3 is 16.4 Å². The summed E-state index contributed by atoms with van der Waals surface area (Å²) in [6.45, 7) is 0. The lowest BCUT2D eigenvalue weighted by Crippen LogP contribution is -2.10.